The molecule has 0 aromatic rings. The maximum atomic E-state index is 11.8. The van der Waals surface area contributed by atoms with Gasteiger partial charge in [0, 0.05) is 18.6 Å². The topological polar surface area (TPSA) is 72.5 Å². The predicted octanol–water partition coefficient (Wildman–Crippen LogP) is 1.49. The van der Waals surface area contributed by atoms with Gasteiger partial charge in [0.2, 0.25) is 5.91 Å². The molecule has 0 aliphatic heterocycles. The monoisotopic (exact) mass is 273 g/mol. The Morgan fingerprint density at radius 1 is 1.39 bits per heavy atom. The Morgan fingerprint density at radius 3 is 2.44 bits per heavy atom. The molecule has 1 unspecified atom stereocenters. The van der Waals surface area contributed by atoms with E-state index in [9.17, 15) is 14.4 Å². The van der Waals surface area contributed by atoms with Gasteiger partial charge in [0.25, 0.3) is 0 Å². The van der Waals surface area contributed by atoms with Gasteiger partial charge in [-0.15, -0.1) is 0 Å². The average molecular weight is 273 g/mol. The van der Waals surface area contributed by atoms with Crippen LogP contribution in [0.25, 0.3) is 0 Å². The number of methoxy groups -OCH3 is 1. The van der Waals surface area contributed by atoms with Crippen LogP contribution in [0.4, 0.5) is 0 Å². The minimum absolute atomic E-state index is 0.0352. The van der Waals surface area contributed by atoms with E-state index in [1.165, 1.54) is 14.0 Å². The van der Waals surface area contributed by atoms with Crippen molar-refractivity contribution < 1.29 is 19.1 Å². The highest BCUT2D eigenvalue weighted by Crippen LogP contribution is 2.10. The van der Waals surface area contributed by atoms with Crippen LogP contribution in [-0.4, -0.2) is 29.9 Å². The minimum atomic E-state index is -0.573. The van der Waals surface area contributed by atoms with Gasteiger partial charge < -0.3 is 10.1 Å². The zero-order valence-corrected chi connectivity index (χ0v) is 11.9. The van der Waals surface area contributed by atoms with Crippen LogP contribution in [0.5, 0.6) is 0 Å². The van der Waals surface area contributed by atoms with Crippen molar-refractivity contribution in [1.82, 2.24) is 5.32 Å². The molecule has 18 heavy (non-hydrogen) atoms. The maximum Gasteiger partial charge on any atom is 0.354 e. The second-order valence-electron chi connectivity index (χ2n) is 3.71. The molecule has 1 amide bonds. The summed E-state index contributed by atoms with van der Waals surface area (Å²) >= 11 is 1.09. The fourth-order valence-corrected chi connectivity index (χ4v) is 1.71. The van der Waals surface area contributed by atoms with Crippen LogP contribution in [0, 0.1) is 5.92 Å². The molecular formula is C12H19NO4S. The normalized spacial score (nSPS) is 12.8. The summed E-state index contributed by atoms with van der Waals surface area (Å²) < 4.78 is 4.56. The van der Waals surface area contributed by atoms with E-state index in [0.717, 1.165) is 11.8 Å². The third-order valence-corrected chi connectivity index (χ3v) is 3.13. The quantitative estimate of drug-likeness (QED) is 0.586. The van der Waals surface area contributed by atoms with Crippen molar-refractivity contribution in [3.05, 3.63) is 11.8 Å². The summed E-state index contributed by atoms with van der Waals surface area (Å²) in [4.78, 5) is 33.9. The van der Waals surface area contributed by atoms with Gasteiger partial charge >= 0.3 is 5.97 Å². The number of thioether (sulfide) groups is 1. The molecule has 0 aromatic heterocycles. The van der Waals surface area contributed by atoms with Gasteiger partial charge in [0.15, 0.2) is 5.12 Å². The summed E-state index contributed by atoms with van der Waals surface area (Å²) in [6.07, 6.45) is 2.20. The number of esters is 1. The molecule has 0 saturated heterocycles. The summed E-state index contributed by atoms with van der Waals surface area (Å²) in [6.45, 7) is 5.00. The molecule has 0 radical (unpaired) electrons. The van der Waals surface area contributed by atoms with Crippen molar-refractivity contribution in [3.63, 3.8) is 0 Å². The van der Waals surface area contributed by atoms with Gasteiger partial charge in [0.1, 0.15) is 5.70 Å². The van der Waals surface area contributed by atoms with Crippen LogP contribution in [-0.2, 0) is 19.1 Å². The largest absolute Gasteiger partial charge is 0.464 e. The van der Waals surface area contributed by atoms with E-state index in [2.05, 4.69) is 10.1 Å². The number of allylic oxidation sites excluding steroid dienone is 1. The van der Waals surface area contributed by atoms with Crippen LogP contribution in [0.2, 0.25) is 0 Å². The first kappa shape index (κ1) is 16.7. The molecule has 0 fully saturated rings. The summed E-state index contributed by atoms with van der Waals surface area (Å²) in [5, 5.41) is 2.48. The second kappa shape index (κ2) is 8.74. The molecule has 1 N–H and O–H groups in total. The van der Waals surface area contributed by atoms with Gasteiger partial charge in [0.05, 0.1) is 7.11 Å². The van der Waals surface area contributed by atoms with Gasteiger partial charge in [-0.2, -0.15) is 0 Å². The summed E-state index contributed by atoms with van der Waals surface area (Å²) in [6, 6.07) is 0. The molecule has 0 aliphatic rings. The summed E-state index contributed by atoms with van der Waals surface area (Å²) in [7, 11) is 1.26. The lowest BCUT2D eigenvalue weighted by Gasteiger charge is -2.12. The van der Waals surface area contributed by atoms with Crippen molar-refractivity contribution in [3.8, 4) is 0 Å². The molecule has 102 valence electrons. The number of hydrogen-bond donors (Lipinski definition) is 1. The zero-order valence-electron chi connectivity index (χ0n) is 11.1. The first-order chi connectivity index (χ1) is 8.42. The van der Waals surface area contributed by atoms with Gasteiger partial charge in [-0.05, 0) is 6.42 Å². The first-order valence-corrected chi connectivity index (χ1v) is 6.63. The lowest BCUT2D eigenvalue weighted by molar-refractivity contribution is -0.138. The highest BCUT2D eigenvalue weighted by molar-refractivity contribution is 8.13. The number of carbonyl (C=O) groups excluding carboxylic acids is 3. The number of ether oxygens (including phenoxy) is 1. The second-order valence-corrected chi connectivity index (χ2v) is 4.91. The molecular weight excluding hydrogens is 254 g/mol. The van der Waals surface area contributed by atoms with Crippen molar-refractivity contribution in [1.29, 1.82) is 0 Å². The Kier molecular flexibility index (Phi) is 8.11. The Hall–Kier alpha value is -1.30. The number of amides is 1. The lowest BCUT2D eigenvalue weighted by Crippen LogP contribution is -2.33. The third kappa shape index (κ3) is 6.44. The molecule has 0 aliphatic carbocycles. The highest BCUT2D eigenvalue weighted by atomic mass is 32.2. The van der Waals surface area contributed by atoms with E-state index in [-0.39, 0.29) is 22.6 Å². The van der Waals surface area contributed by atoms with E-state index >= 15 is 0 Å². The van der Waals surface area contributed by atoms with Crippen LogP contribution in [0.1, 0.15) is 27.2 Å². The third-order valence-electron chi connectivity index (χ3n) is 2.06. The van der Waals surface area contributed by atoms with Crippen molar-refractivity contribution >= 4 is 28.8 Å². The predicted molar refractivity (Wildman–Crippen MR) is 70.8 cm³/mol. The van der Waals surface area contributed by atoms with E-state index in [1.807, 2.05) is 6.92 Å². The molecule has 6 heteroatoms. The Bertz CT molecular complexity index is 352. The number of nitrogens with one attached hydrogen (secondary N) is 1. The molecule has 0 heterocycles. The van der Waals surface area contributed by atoms with Gasteiger partial charge in [-0.25, -0.2) is 4.79 Å². The first-order valence-electron chi connectivity index (χ1n) is 5.65. The van der Waals surface area contributed by atoms with Crippen LogP contribution in [0.3, 0.4) is 0 Å². The van der Waals surface area contributed by atoms with E-state index < -0.39 is 5.97 Å². The average Bonchev–Trinajstić information content (AvgIpc) is 2.34. The number of hydrogen-bond acceptors (Lipinski definition) is 5. The fraction of sp³-hybridized carbons (Fsp3) is 0.583. The van der Waals surface area contributed by atoms with E-state index in [1.54, 1.807) is 13.0 Å². The van der Waals surface area contributed by atoms with Crippen LogP contribution >= 0.6 is 11.8 Å². The zero-order chi connectivity index (χ0) is 14.1. The Labute approximate surface area is 111 Å². The molecule has 1 atom stereocenters. The SMILES string of the molecule is CC/C=C(\NC(=O)C(C)CSC(C)=O)C(=O)OC. The van der Waals surface area contributed by atoms with E-state index in [4.69, 9.17) is 0 Å². The maximum absolute atomic E-state index is 11.8. The van der Waals surface area contributed by atoms with Crippen molar-refractivity contribution in [2.75, 3.05) is 12.9 Å². The number of carbonyl (C=O) groups is 3. The molecule has 5 nitrogen and oxygen atoms in total. The lowest BCUT2D eigenvalue weighted by atomic mass is 10.2. The van der Waals surface area contributed by atoms with Gasteiger partial charge in [-0.1, -0.05) is 31.7 Å². The molecule has 0 aromatic carbocycles. The Balaban J connectivity index is 4.46. The summed E-state index contributed by atoms with van der Waals surface area (Å²) in [5.74, 6) is -0.837. The molecule has 0 saturated carbocycles. The smallest absolute Gasteiger partial charge is 0.354 e. The minimum Gasteiger partial charge on any atom is -0.464 e. The van der Waals surface area contributed by atoms with Crippen molar-refractivity contribution in [2.45, 2.75) is 27.2 Å². The van der Waals surface area contributed by atoms with Crippen LogP contribution in [0.15, 0.2) is 11.8 Å². The van der Waals surface area contributed by atoms with Crippen molar-refractivity contribution in [2.24, 2.45) is 5.92 Å². The number of rotatable bonds is 6. The Morgan fingerprint density at radius 2 is 2.00 bits per heavy atom. The molecule has 0 rings (SSSR count). The summed E-state index contributed by atoms with van der Waals surface area (Å²) in [5.41, 5.74) is 0.143. The highest BCUT2D eigenvalue weighted by Gasteiger charge is 2.18. The van der Waals surface area contributed by atoms with Gasteiger partial charge in [-0.3, -0.25) is 9.59 Å². The fourth-order valence-electron chi connectivity index (χ4n) is 1.07. The molecule has 0 bridgehead atoms. The molecule has 0 spiro atoms. The van der Waals surface area contributed by atoms with Crippen LogP contribution < -0.4 is 5.32 Å². The standard InChI is InChI=1S/C12H19NO4S/c1-5-6-10(12(16)17-4)13-11(15)8(2)7-18-9(3)14/h6,8H,5,7H2,1-4H3,(H,13,15)/b10-6-. The van der Waals surface area contributed by atoms with E-state index in [0.29, 0.717) is 12.2 Å².